The van der Waals surface area contributed by atoms with Crippen LogP contribution in [-0.4, -0.2) is 0 Å². The zero-order valence-corrected chi connectivity index (χ0v) is 13.5. The van der Waals surface area contributed by atoms with E-state index in [4.69, 9.17) is 0 Å². The zero-order chi connectivity index (χ0) is 14.0. The molecule has 2 aromatic rings. The summed E-state index contributed by atoms with van der Waals surface area (Å²) < 4.78 is 15.4. The predicted molar refractivity (Wildman–Crippen MR) is 89.1 cm³/mol. The van der Waals surface area contributed by atoms with Gasteiger partial charge in [-0.3, -0.25) is 0 Å². The molecule has 0 fully saturated rings. The number of aryl methyl sites for hydroxylation is 3. The second-order valence-corrected chi connectivity index (χ2v) is 5.52. The van der Waals surface area contributed by atoms with Crippen molar-refractivity contribution in [3.63, 3.8) is 0 Å². The third kappa shape index (κ3) is 3.06. The van der Waals surface area contributed by atoms with Gasteiger partial charge in [-0.2, -0.15) is 0 Å². The molecule has 19 heavy (non-hydrogen) atoms. The van der Waals surface area contributed by atoms with Crippen LogP contribution in [0.25, 0.3) is 17.2 Å². The van der Waals surface area contributed by atoms with Gasteiger partial charge in [-0.05, 0) is 70.9 Å². The molecule has 0 N–H and O–H groups in total. The lowest BCUT2D eigenvalue weighted by Crippen LogP contribution is -1.91. The number of rotatable bonds is 2. The monoisotopic (exact) mass is 366 g/mol. The van der Waals surface area contributed by atoms with Crippen molar-refractivity contribution in [1.82, 2.24) is 0 Å². The summed E-state index contributed by atoms with van der Waals surface area (Å²) >= 11 is 2.22. The highest BCUT2D eigenvalue weighted by Gasteiger charge is 2.08. The van der Waals surface area contributed by atoms with Gasteiger partial charge in [-0.1, -0.05) is 46.4 Å². The molecule has 0 nitrogen and oxygen atoms in total. The Labute approximate surface area is 127 Å². The first-order valence-corrected chi connectivity index (χ1v) is 7.42. The van der Waals surface area contributed by atoms with Crippen molar-refractivity contribution in [3.8, 4) is 11.1 Å². The number of hydrogen-bond donors (Lipinski definition) is 0. The van der Waals surface area contributed by atoms with E-state index in [-0.39, 0.29) is 5.82 Å². The van der Waals surface area contributed by atoms with Gasteiger partial charge in [-0.15, -0.1) is 0 Å². The number of halogens is 2. The topological polar surface area (TPSA) is 0 Å². The summed E-state index contributed by atoms with van der Waals surface area (Å²) in [7, 11) is 0. The molecule has 0 radical (unpaired) electrons. The first-order chi connectivity index (χ1) is 9.02. The fraction of sp³-hybridized carbons (Fsp3) is 0.176. The maximum atomic E-state index is 13.4. The number of benzene rings is 2. The van der Waals surface area contributed by atoms with Crippen LogP contribution in [0.3, 0.4) is 0 Å². The molecule has 0 aliphatic rings. The lowest BCUT2D eigenvalue weighted by atomic mass is 9.93. The second kappa shape index (κ2) is 5.87. The fourth-order valence-electron chi connectivity index (χ4n) is 2.31. The lowest BCUT2D eigenvalue weighted by molar-refractivity contribution is 0.619. The van der Waals surface area contributed by atoms with Crippen molar-refractivity contribution < 1.29 is 4.39 Å². The largest absolute Gasteiger partial charge is 0.207 e. The fourth-order valence-corrected chi connectivity index (χ4v) is 2.67. The maximum Gasteiger partial charge on any atom is 0.126 e. The Morgan fingerprint density at radius 1 is 1.00 bits per heavy atom. The van der Waals surface area contributed by atoms with Crippen molar-refractivity contribution in [1.29, 1.82) is 0 Å². The summed E-state index contributed by atoms with van der Waals surface area (Å²) in [6.07, 6.45) is 2.10. The van der Waals surface area contributed by atoms with Crippen molar-refractivity contribution in [2.45, 2.75) is 20.8 Å². The zero-order valence-electron chi connectivity index (χ0n) is 11.3. The van der Waals surface area contributed by atoms with Crippen molar-refractivity contribution >= 4 is 28.7 Å². The Hall–Kier alpha value is -1.16. The lowest BCUT2D eigenvalue weighted by Gasteiger charge is -2.12. The summed E-state index contributed by atoms with van der Waals surface area (Å²) in [5.74, 6) is -0.154. The molecule has 0 aliphatic carbocycles. The van der Waals surface area contributed by atoms with Gasteiger partial charge in [0.1, 0.15) is 5.82 Å². The Balaban J connectivity index is 2.69. The van der Waals surface area contributed by atoms with E-state index in [1.807, 2.05) is 16.2 Å². The average molecular weight is 366 g/mol. The van der Waals surface area contributed by atoms with Gasteiger partial charge in [0.2, 0.25) is 0 Å². The van der Waals surface area contributed by atoms with Crippen LogP contribution >= 0.6 is 22.6 Å². The van der Waals surface area contributed by atoms with E-state index in [2.05, 4.69) is 54.6 Å². The Morgan fingerprint density at radius 3 is 2.37 bits per heavy atom. The summed E-state index contributed by atoms with van der Waals surface area (Å²) in [5, 5.41) is 0. The second-order valence-electron chi connectivity index (χ2n) is 4.80. The van der Waals surface area contributed by atoms with Crippen LogP contribution in [0, 0.1) is 26.6 Å². The Kier molecular flexibility index (Phi) is 4.40. The minimum absolute atomic E-state index is 0.154. The van der Waals surface area contributed by atoms with Crippen LogP contribution in [0.15, 0.2) is 34.4 Å². The van der Waals surface area contributed by atoms with Crippen LogP contribution in [-0.2, 0) is 0 Å². The Bertz CT molecular complexity index is 642. The number of hydrogen-bond acceptors (Lipinski definition) is 0. The van der Waals surface area contributed by atoms with E-state index in [0.717, 1.165) is 11.1 Å². The van der Waals surface area contributed by atoms with Gasteiger partial charge >= 0.3 is 0 Å². The van der Waals surface area contributed by atoms with E-state index >= 15 is 0 Å². The van der Waals surface area contributed by atoms with E-state index < -0.39 is 0 Å². The standard InChI is InChI=1S/C17H16FI/c1-11-8-12(2)15(6-7-19)16(9-11)14-4-5-17(18)13(3)10-14/h4-10H,1-3H3. The molecule has 0 atom stereocenters. The molecule has 2 heteroatoms. The van der Waals surface area contributed by atoms with E-state index in [9.17, 15) is 4.39 Å². The van der Waals surface area contributed by atoms with Crippen molar-refractivity contribution in [2.75, 3.05) is 0 Å². The predicted octanol–water partition coefficient (Wildman–Crippen LogP) is 5.82. The van der Waals surface area contributed by atoms with Crippen LogP contribution in [0.4, 0.5) is 4.39 Å². The highest BCUT2D eigenvalue weighted by atomic mass is 127. The highest BCUT2D eigenvalue weighted by Crippen LogP contribution is 2.30. The molecule has 0 unspecified atom stereocenters. The first kappa shape index (κ1) is 14.3. The van der Waals surface area contributed by atoms with Gasteiger partial charge in [-0.25, -0.2) is 4.39 Å². The first-order valence-electron chi connectivity index (χ1n) is 6.17. The molecular weight excluding hydrogens is 350 g/mol. The summed E-state index contributed by atoms with van der Waals surface area (Å²) in [6.45, 7) is 6.00. The molecule has 0 saturated heterocycles. The van der Waals surface area contributed by atoms with Crippen LogP contribution < -0.4 is 0 Å². The smallest absolute Gasteiger partial charge is 0.126 e. The van der Waals surface area contributed by atoms with E-state index in [0.29, 0.717) is 5.56 Å². The summed E-state index contributed by atoms with van der Waals surface area (Å²) in [6, 6.07) is 9.63. The van der Waals surface area contributed by atoms with E-state index in [1.165, 1.54) is 16.7 Å². The molecule has 0 aliphatic heterocycles. The van der Waals surface area contributed by atoms with E-state index in [1.54, 1.807) is 13.0 Å². The molecular formula is C17H16FI. The van der Waals surface area contributed by atoms with Crippen LogP contribution in [0.5, 0.6) is 0 Å². The third-order valence-corrected chi connectivity index (χ3v) is 3.59. The molecule has 0 saturated carbocycles. The SMILES string of the molecule is Cc1cc(C)c(C=CI)c(-c2ccc(F)c(C)c2)c1. The van der Waals surface area contributed by atoms with Gasteiger partial charge < -0.3 is 0 Å². The molecule has 98 valence electrons. The minimum atomic E-state index is -0.154. The van der Waals surface area contributed by atoms with Gasteiger partial charge in [0.05, 0.1) is 0 Å². The Morgan fingerprint density at radius 2 is 1.74 bits per heavy atom. The molecule has 0 bridgehead atoms. The maximum absolute atomic E-state index is 13.4. The molecule has 2 aromatic carbocycles. The molecule has 0 amide bonds. The summed E-state index contributed by atoms with van der Waals surface area (Å²) in [5.41, 5.74) is 6.57. The van der Waals surface area contributed by atoms with Crippen LogP contribution in [0.2, 0.25) is 0 Å². The third-order valence-electron chi connectivity index (χ3n) is 3.23. The van der Waals surface area contributed by atoms with Crippen LogP contribution in [0.1, 0.15) is 22.3 Å². The molecule has 0 spiro atoms. The molecule has 0 heterocycles. The van der Waals surface area contributed by atoms with Crippen molar-refractivity contribution in [3.05, 3.63) is 62.5 Å². The van der Waals surface area contributed by atoms with Gasteiger partial charge in [0, 0.05) is 0 Å². The van der Waals surface area contributed by atoms with Gasteiger partial charge in [0.15, 0.2) is 0 Å². The summed E-state index contributed by atoms with van der Waals surface area (Å²) in [4.78, 5) is 0. The van der Waals surface area contributed by atoms with Crippen molar-refractivity contribution in [2.24, 2.45) is 0 Å². The molecule has 0 aromatic heterocycles. The molecule has 2 rings (SSSR count). The minimum Gasteiger partial charge on any atom is -0.207 e. The average Bonchev–Trinajstić information content (AvgIpc) is 2.36. The normalized spacial score (nSPS) is 11.2. The quantitative estimate of drug-likeness (QED) is 0.587. The highest BCUT2D eigenvalue weighted by molar-refractivity contribution is 14.1. The van der Waals surface area contributed by atoms with Gasteiger partial charge in [0.25, 0.3) is 0 Å².